The number of nitrogens with zero attached hydrogens (tertiary/aromatic N) is 1. The van der Waals surface area contributed by atoms with E-state index in [4.69, 9.17) is 5.26 Å². The van der Waals surface area contributed by atoms with E-state index in [2.05, 4.69) is 15.9 Å². The van der Waals surface area contributed by atoms with Gasteiger partial charge in [-0.2, -0.15) is 5.26 Å². The van der Waals surface area contributed by atoms with Gasteiger partial charge in [0.1, 0.15) is 5.82 Å². The molecule has 0 amide bonds. The average Bonchev–Trinajstić information content (AvgIpc) is 2.39. The van der Waals surface area contributed by atoms with Gasteiger partial charge in [-0.3, -0.25) is 4.21 Å². The van der Waals surface area contributed by atoms with Crippen molar-refractivity contribution in [2.24, 2.45) is 0 Å². The van der Waals surface area contributed by atoms with Gasteiger partial charge in [-0.1, -0.05) is 12.1 Å². The van der Waals surface area contributed by atoms with Gasteiger partial charge in [0, 0.05) is 4.47 Å². The molecule has 0 aromatic heterocycles. The third-order valence-electron chi connectivity index (χ3n) is 2.56. The molecule has 0 aliphatic carbocycles. The Morgan fingerprint density at radius 1 is 1.26 bits per heavy atom. The lowest BCUT2D eigenvalue weighted by Crippen LogP contribution is -2.00. The number of halogens is 2. The van der Waals surface area contributed by atoms with Gasteiger partial charge in [-0.25, -0.2) is 4.39 Å². The maximum atomic E-state index is 13.2. The molecule has 1 atom stereocenters. The molecule has 0 heterocycles. The van der Waals surface area contributed by atoms with Crippen LogP contribution in [0.4, 0.5) is 4.39 Å². The second kappa shape index (κ2) is 6.09. The molecule has 2 aromatic rings. The Labute approximate surface area is 121 Å². The van der Waals surface area contributed by atoms with Gasteiger partial charge in [0.25, 0.3) is 0 Å². The van der Waals surface area contributed by atoms with E-state index >= 15 is 0 Å². The molecule has 0 N–H and O–H groups in total. The van der Waals surface area contributed by atoms with E-state index in [0.717, 1.165) is 4.47 Å². The van der Waals surface area contributed by atoms with Crippen molar-refractivity contribution in [3.8, 4) is 6.07 Å². The highest BCUT2D eigenvalue weighted by atomic mass is 79.9. The minimum Gasteiger partial charge on any atom is -0.254 e. The second-order valence-electron chi connectivity index (χ2n) is 3.83. The maximum Gasteiger partial charge on any atom is 0.123 e. The quantitative estimate of drug-likeness (QED) is 0.855. The van der Waals surface area contributed by atoms with E-state index < -0.39 is 16.6 Å². The van der Waals surface area contributed by atoms with Crippen molar-refractivity contribution in [1.29, 1.82) is 5.26 Å². The Morgan fingerprint density at radius 3 is 2.68 bits per heavy atom. The zero-order valence-electron chi connectivity index (χ0n) is 9.77. The summed E-state index contributed by atoms with van der Waals surface area (Å²) >= 11 is 3.33. The third kappa shape index (κ3) is 3.28. The standard InChI is InChI=1S/C14H9BrFNOS/c15-13-3-1-2-4-14(13)19(18)9-11-7-12(16)6-5-10(11)8-17/h1-7H,9H2. The topological polar surface area (TPSA) is 40.9 Å². The Hall–Kier alpha value is -1.51. The van der Waals surface area contributed by atoms with Crippen LogP contribution in [0.15, 0.2) is 51.8 Å². The lowest BCUT2D eigenvalue weighted by atomic mass is 10.1. The smallest absolute Gasteiger partial charge is 0.123 e. The van der Waals surface area contributed by atoms with Gasteiger partial charge in [-0.05, 0) is 51.8 Å². The lowest BCUT2D eigenvalue weighted by Gasteiger charge is -2.06. The van der Waals surface area contributed by atoms with Crippen LogP contribution in [-0.2, 0) is 16.6 Å². The first-order valence-corrected chi connectivity index (χ1v) is 7.54. The van der Waals surface area contributed by atoms with Crippen LogP contribution in [0.1, 0.15) is 11.1 Å². The van der Waals surface area contributed by atoms with E-state index in [0.29, 0.717) is 16.0 Å². The lowest BCUT2D eigenvalue weighted by molar-refractivity contribution is 0.626. The van der Waals surface area contributed by atoms with Crippen molar-refractivity contribution in [1.82, 2.24) is 0 Å². The predicted molar refractivity (Wildman–Crippen MR) is 75.4 cm³/mol. The maximum absolute atomic E-state index is 13.2. The Bertz CT molecular complexity index is 681. The van der Waals surface area contributed by atoms with Crippen LogP contribution in [0.5, 0.6) is 0 Å². The van der Waals surface area contributed by atoms with Gasteiger partial charge >= 0.3 is 0 Å². The summed E-state index contributed by atoms with van der Waals surface area (Å²) in [4.78, 5) is 0.635. The second-order valence-corrected chi connectivity index (χ2v) is 6.11. The SMILES string of the molecule is N#Cc1ccc(F)cc1CS(=O)c1ccccc1Br. The van der Waals surface area contributed by atoms with Crippen molar-refractivity contribution in [3.63, 3.8) is 0 Å². The molecule has 0 aliphatic heterocycles. The summed E-state index contributed by atoms with van der Waals surface area (Å²) < 4.78 is 26.2. The van der Waals surface area contributed by atoms with Crippen LogP contribution in [0, 0.1) is 17.1 Å². The van der Waals surface area contributed by atoms with Gasteiger partial charge in [-0.15, -0.1) is 0 Å². The molecule has 0 saturated heterocycles. The van der Waals surface area contributed by atoms with Gasteiger partial charge < -0.3 is 0 Å². The summed E-state index contributed by atoms with van der Waals surface area (Å²) in [6, 6.07) is 13.0. The van der Waals surface area contributed by atoms with Crippen LogP contribution in [-0.4, -0.2) is 4.21 Å². The molecule has 19 heavy (non-hydrogen) atoms. The molecular weight excluding hydrogens is 329 g/mol. The number of hydrogen-bond acceptors (Lipinski definition) is 2. The Balaban J connectivity index is 2.32. The van der Waals surface area contributed by atoms with Crippen molar-refractivity contribution in [3.05, 3.63) is 63.9 Å². The summed E-state index contributed by atoms with van der Waals surface area (Å²) in [5, 5.41) is 8.97. The van der Waals surface area contributed by atoms with Crippen LogP contribution in [0.3, 0.4) is 0 Å². The number of nitriles is 1. The van der Waals surface area contributed by atoms with Crippen LogP contribution < -0.4 is 0 Å². The van der Waals surface area contributed by atoms with Crippen LogP contribution >= 0.6 is 15.9 Å². The molecule has 0 radical (unpaired) electrons. The molecule has 1 unspecified atom stereocenters. The fraction of sp³-hybridized carbons (Fsp3) is 0.0714. The van der Waals surface area contributed by atoms with E-state index in [1.165, 1.54) is 18.2 Å². The first-order chi connectivity index (χ1) is 9.11. The highest BCUT2D eigenvalue weighted by molar-refractivity contribution is 9.10. The van der Waals surface area contributed by atoms with E-state index in [1.54, 1.807) is 18.2 Å². The van der Waals surface area contributed by atoms with Crippen molar-refractivity contribution in [2.75, 3.05) is 0 Å². The molecule has 5 heteroatoms. The zero-order chi connectivity index (χ0) is 13.8. The zero-order valence-corrected chi connectivity index (χ0v) is 12.2. The molecule has 0 saturated carbocycles. The van der Waals surface area contributed by atoms with E-state index in [9.17, 15) is 8.60 Å². The molecule has 96 valence electrons. The Morgan fingerprint density at radius 2 is 2.00 bits per heavy atom. The highest BCUT2D eigenvalue weighted by Gasteiger charge is 2.12. The monoisotopic (exact) mass is 337 g/mol. The fourth-order valence-corrected chi connectivity index (χ4v) is 3.66. The molecule has 0 aliphatic rings. The van der Waals surface area contributed by atoms with Gasteiger partial charge in [0.2, 0.25) is 0 Å². The van der Waals surface area contributed by atoms with Crippen molar-refractivity contribution >= 4 is 26.7 Å². The summed E-state index contributed by atoms with van der Waals surface area (Å²) in [6.07, 6.45) is 0. The normalized spacial score (nSPS) is 11.8. The molecule has 2 nitrogen and oxygen atoms in total. The summed E-state index contributed by atoms with van der Waals surface area (Å²) in [5.41, 5.74) is 0.804. The summed E-state index contributed by atoms with van der Waals surface area (Å²) in [6.45, 7) is 0. The minimum absolute atomic E-state index is 0.114. The van der Waals surface area contributed by atoms with Crippen molar-refractivity contribution < 1.29 is 8.60 Å². The summed E-state index contributed by atoms with van der Waals surface area (Å²) in [7, 11) is -1.33. The summed E-state index contributed by atoms with van der Waals surface area (Å²) in [5.74, 6) is -0.318. The predicted octanol–water partition coefficient (Wildman–Crippen LogP) is 3.77. The third-order valence-corrected chi connectivity index (χ3v) is 4.93. The average molecular weight is 338 g/mol. The van der Waals surface area contributed by atoms with Crippen LogP contribution in [0.25, 0.3) is 0 Å². The molecule has 2 aromatic carbocycles. The first-order valence-electron chi connectivity index (χ1n) is 5.43. The molecule has 0 spiro atoms. The van der Waals surface area contributed by atoms with Crippen LogP contribution in [0.2, 0.25) is 0 Å². The highest BCUT2D eigenvalue weighted by Crippen LogP contribution is 2.23. The first kappa shape index (κ1) is 13.9. The molecule has 0 bridgehead atoms. The Kier molecular flexibility index (Phi) is 4.46. The molecule has 0 fully saturated rings. The van der Waals surface area contributed by atoms with E-state index in [1.807, 2.05) is 12.1 Å². The van der Waals surface area contributed by atoms with Crippen molar-refractivity contribution in [2.45, 2.75) is 10.6 Å². The number of benzene rings is 2. The van der Waals surface area contributed by atoms with Gasteiger partial charge in [0.15, 0.2) is 0 Å². The van der Waals surface area contributed by atoms with Gasteiger partial charge in [0.05, 0.1) is 33.1 Å². The minimum atomic E-state index is -1.33. The van der Waals surface area contributed by atoms with E-state index in [-0.39, 0.29) is 5.75 Å². The largest absolute Gasteiger partial charge is 0.254 e. The number of hydrogen-bond donors (Lipinski definition) is 0. The fourth-order valence-electron chi connectivity index (χ4n) is 1.64. The molecule has 2 rings (SSSR count). The number of rotatable bonds is 3. The molecular formula is C14H9BrFNOS.